The molecule has 4 rings (SSSR count). The van der Waals surface area contributed by atoms with Crippen LogP contribution in [0, 0.1) is 0 Å². The van der Waals surface area contributed by atoms with Crippen LogP contribution in [0.3, 0.4) is 0 Å². The summed E-state index contributed by atoms with van der Waals surface area (Å²) < 4.78 is 3.84. The quantitative estimate of drug-likeness (QED) is 0.786. The number of aliphatic hydroxyl groups is 2. The van der Waals surface area contributed by atoms with E-state index in [9.17, 15) is 19.8 Å². The molecule has 0 spiro atoms. The van der Waals surface area contributed by atoms with Crippen LogP contribution in [0.15, 0.2) is 39.9 Å². The molecule has 122 valence electrons. The van der Waals surface area contributed by atoms with Crippen molar-refractivity contribution in [2.24, 2.45) is 0 Å². The standard InChI is InChI=1S/C16H19N3O4/c20-13-11-8-4-5-9-12(14(13)21)19-16(23)17(15(22)18(11)19)10-6-2-1-3-7-10/h1-3,6-7,11-14,20-21H,4-5,8-9H2/t11?,12?,13-,14-/m0/s1. The maximum atomic E-state index is 12.9. The molecule has 2 aliphatic heterocycles. The van der Waals surface area contributed by atoms with Crippen molar-refractivity contribution in [3.63, 3.8) is 0 Å². The first-order valence-corrected chi connectivity index (χ1v) is 7.99. The van der Waals surface area contributed by atoms with Crippen molar-refractivity contribution in [1.82, 2.24) is 13.9 Å². The first-order chi connectivity index (χ1) is 11.1. The van der Waals surface area contributed by atoms with Crippen molar-refractivity contribution in [2.45, 2.75) is 50.0 Å². The van der Waals surface area contributed by atoms with Gasteiger partial charge in [0.15, 0.2) is 0 Å². The van der Waals surface area contributed by atoms with Gasteiger partial charge < -0.3 is 10.2 Å². The van der Waals surface area contributed by atoms with Crippen LogP contribution in [0.1, 0.15) is 37.8 Å². The molecule has 2 bridgehead atoms. The van der Waals surface area contributed by atoms with Gasteiger partial charge in [-0.25, -0.2) is 23.5 Å². The van der Waals surface area contributed by atoms with Crippen LogP contribution in [0.2, 0.25) is 0 Å². The molecule has 7 heteroatoms. The number of benzene rings is 1. The highest BCUT2D eigenvalue weighted by Gasteiger charge is 2.44. The molecular weight excluding hydrogens is 298 g/mol. The summed E-state index contributed by atoms with van der Waals surface area (Å²) in [6.45, 7) is 0. The van der Waals surface area contributed by atoms with E-state index in [1.54, 1.807) is 24.3 Å². The number of para-hydroxylation sites is 1. The summed E-state index contributed by atoms with van der Waals surface area (Å²) in [5.41, 5.74) is -0.411. The maximum Gasteiger partial charge on any atom is 0.352 e. The molecule has 2 unspecified atom stereocenters. The number of hydrogen-bond acceptors (Lipinski definition) is 4. The van der Waals surface area contributed by atoms with E-state index >= 15 is 0 Å². The van der Waals surface area contributed by atoms with Crippen molar-refractivity contribution >= 4 is 0 Å². The predicted molar refractivity (Wildman–Crippen MR) is 82.8 cm³/mol. The van der Waals surface area contributed by atoms with Gasteiger partial charge in [0.1, 0.15) is 12.2 Å². The Morgan fingerprint density at radius 2 is 1.30 bits per heavy atom. The summed E-state index contributed by atoms with van der Waals surface area (Å²) in [6.07, 6.45) is 0.823. The van der Waals surface area contributed by atoms with Gasteiger partial charge in [-0.05, 0) is 25.0 Å². The van der Waals surface area contributed by atoms with E-state index in [4.69, 9.17) is 0 Å². The van der Waals surface area contributed by atoms with Crippen LogP contribution < -0.4 is 11.4 Å². The van der Waals surface area contributed by atoms with Crippen molar-refractivity contribution in [3.05, 3.63) is 51.3 Å². The van der Waals surface area contributed by atoms with Crippen LogP contribution in [0.4, 0.5) is 0 Å². The Balaban J connectivity index is 2.02. The third-order valence-electron chi connectivity index (χ3n) is 5.04. The predicted octanol–water partition coefficient (Wildman–Crippen LogP) is 0.192. The number of nitrogens with zero attached hydrogens (tertiary/aromatic N) is 3. The van der Waals surface area contributed by atoms with Gasteiger partial charge in [0.2, 0.25) is 0 Å². The topological polar surface area (TPSA) is 89.4 Å². The molecule has 0 fully saturated rings. The van der Waals surface area contributed by atoms with E-state index in [1.807, 2.05) is 6.07 Å². The Morgan fingerprint density at radius 1 is 0.826 bits per heavy atom. The summed E-state index contributed by atoms with van der Waals surface area (Å²) in [7, 11) is 0. The van der Waals surface area contributed by atoms with Crippen LogP contribution in [-0.4, -0.2) is 36.4 Å². The molecule has 3 heterocycles. The van der Waals surface area contributed by atoms with Crippen molar-refractivity contribution in [1.29, 1.82) is 0 Å². The molecule has 2 aliphatic rings. The Labute approximate surface area is 132 Å². The Hall–Kier alpha value is -2.12. The van der Waals surface area contributed by atoms with Gasteiger partial charge in [-0.2, -0.15) is 0 Å². The molecule has 1 aromatic carbocycles. The fraction of sp³-hybridized carbons (Fsp3) is 0.500. The summed E-state index contributed by atoms with van der Waals surface area (Å²) in [6, 6.07) is 7.62. The normalized spacial score (nSPS) is 29.8. The first-order valence-electron chi connectivity index (χ1n) is 7.99. The minimum absolute atomic E-state index is 0.455. The lowest BCUT2D eigenvalue weighted by atomic mass is 9.87. The number of hydrogen-bond donors (Lipinski definition) is 2. The van der Waals surface area contributed by atoms with Crippen LogP contribution in [0.5, 0.6) is 0 Å². The van der Waals surface area contributed by atoms with E-state index in [0.717, 1.165) is 17.4 Å². The second kappa shape index (κ2) is 5.21. The number of aliphatic hydroxyl groups excluding tert-OH is 2. The monoisotopic (exact) mass is 317 g/mol. The second-order valence-electron chi connectivity index (χ2n) is 6.33. The smallest absolute Gasteiger partial charge is 0.352 e. The highest BCUT2D eigenvalue weighted by Crippen LogP contribution is 2.36. The molecular formula is C16H19N3O4. The Kier molecular flexibility index (Phi) is 3.28. The van der Waals surface area contributed by atoms with E-state index < -0.39 is 35.7 Å². The maximum absolute atomic E-state index is 12.9. The van der Waals surface area contributed by atoms with Crippen molar-refractivity contribution in [2.75, 3.05) is 0 Å². The van der Waals surface area contributed by atoms with Gasteiger partial charge >= 0.3 is 11.4 Å². The molecule has 0 saturated carbocycles. The van der Waals surface area contributed by atoms with Crippen LogP contribution >= 0.6 is 0 Å². The average molecular weight is 317 g/mol. The largest absolute Gasteiger partial charge is 0.388 e. The van der Waals surface area contributed by atoms with Gasteiger partial charge in [0, 0.05) is 0 Å². The number of rotatable bonds is 1. The van der Waals surface area contributed by atoms with E-state index in [2.05, 4.69) is 0 Å². The molecule has 1 aromatic heterocycles. The van der Waals surface area contributed by atoms with Crippen LogP contribution in [0.25, 0.3) is 5.69 Å². The summed E-state index contributed by atoms with van der Waals surface area (Å²) in [4.78, 5) is 25.7. The van der Waals surface area contributed by atoms with E-state index in [0.29, 0.717) is 18.5 Å². The van der Waals surface area contributed by atoms with Gasteiger partial charge in [-0.3, -0.25) is 0 Å². The lowest BCUT2D eigenvalue weighted by Crippen LogP contribution is -2.53. The highest BCUT2D eigenvalue weighted by molar-refractivity contribution is 5.30. The van der Waals surface area contributed by atoms with Crippen molar-refractivity contribution in [3.8, 4) is 5.69 Å². The summed E-state index contributed by atoms with van der Waals surface area (Å²) in [5, 5.41) is 20.8. The minimum Gasteiger partial charge on any atom is -0.388 e. The van der Waals surface area contributed by atoms with Crippen LogP contribution in [-0.2, 0) is 0 Å². The third-order valence-corrected chi connectivity index (χ3v) is 5.04. The van der Waals surface area contributed by atoms with Gasteiger partial charge in [0.05, 0.1) is 17.8 Å². The zero-order valence-electron chi connectivity index (χ0n) is 12.6. The molecule has 0 aliphatic carbocycles. The minimum atomic E-state index is -1.02. The lowest BCUT2D eigenvalue weighted by Gasteiger charge is -2.41. The average Bonchev–Trinajstić information content (AvgIpc) is 2.78. The SMILES string of the molecule is O=c1n(-c2ccccc2)c(=O)n2n1C1CCCCC2[C@H](O)[C@H]1O. The van der Waals surface area contributed by atoms with E-state index in [-0.39, 0.29) is 0 Å². The molecule has 23 heavy (non-hydrogen) atoms. The number of aromatic nitrogens is 3. The molecule has 2 aromatic rings. The molecule has 7 nitrogen and oxygen atoms in total. The molecule has 0 saturated heterocycles. The first kappa shape index (κ1) is 14.5. The summed E-state index contributed by atoms with van der Waals surface area (Å²) >= 11 is 0. The van der Waals surface area contributed by atoms with Crippen molar-refractivity contribution < 1.29 is 10.2 Å². The summed E-state index contributed by atoms with van der Waals surface area (Å²) in [5.74, 6) is 0. The molecule has 0 amide bonds. The zero-order valence-corrected chi connectivity index (χ0v) is 12.6. The lowest BCUT2D eigenvalue weighted by molar-refractivity contribution is -0.0902. The fourth-order valence-electron chi connectivity index (χ4n) is 3.91. The molecule has 4 atom stereocenters. The second-order valence-corrected chi connectivity index (χ2v) is 6.33. The molecule has 2 N–H and O–H groups in total. The third kappa shape index (κ3) is 1.96. The Morgan fingerprint density at radius 3 is 1.78 bits per heavy atom. The zero-order chi connectivity index (χ0) is 16.1. The van der Waals surface area contributed by atoms with Gasteiger partial charge in [-0.1, -0.05) is 31.0 Å². The Bertz CT molecular complexity index is 786. The van der Waals surface area contributed by atoms with Gasteiger partial charge in [-0.15, -0.1) is 0 Å². The van der Waals surface area contributed by atoms with E-state index in [1.165, 1.54) is 9.36 Å². The highest BCUT2D eigenvalue weighted by atomic mass is 16.3. The molecule has 0 radical (unpaired) electrons. The fourth-order valence-corrected chi connectivity index (χ4v) is 3.91. The van der Waals surface area contributed by atoms with Gasteiger partial charge in [0.25, 0.3) is 0 Å².